The highest BCUT2D eigenvalue weighted by molar-refractivity contribution is 5.92. The molecule has 6 nitrogen and oxygen atoms in total. The Balaban J connectivity index is 1.85. The van der Waals surface area contributed by atoms with Gasteiger partial charge in [-0.15, -0.1) is 0 Å². The molecule has 0 bridgehead atoms. The number of carbonyl (C=O) groups is 1. The van der Waals surface area contributed by atoms with Crippen LogP contribution in [-0.2, 0) is 0 Å². The van der Waals surface area contributed by atoms with Gasteiger partial charge in [-0.05, 0) is 71.8 Å². The fraction of sp³-hybridized carbons (Fsp3) is 0.120. The van der Waals surface area contributed by atoms with Gasteiger partial charge >= 0.3 is 5.97 Å². The van der Waals surface area contributed by atoms with Gasteiger partial charge in [-0.25, -0.2) is 4.79 Å². The number of hydrogen-bond acceptors (Lipinski definition) is 6. The molecule has 0 radical (unpaired) electrons. The Morgan fingerprint density at radius 1 is 0.806 bits per heavy atom. The summed E-state index contributed by atoms with van der Waals surface area (Å²) in [5, 5.41) is 9.58. The third kappa shape index (κ3) is 5.22. The summed E-state index contributed by atoms with van der Waals surface area (Å²) >= 11 is 0. The number of allylic oxidation sites excluding steroid dienone is 1. The molecule has 156 valence electrons. The van der Waals surface area contributed by atoms with Crippen LogP contribution in [0.1, 0.15) is 21.5 Å². The van der Waals surface area contributed by atoms with E-state index in [1.165, 1.54) is 14.2 Å². The topological polar surface area (TPSA) is 77.8 Å². The van der Waals surface area contributed by atoms with Crippen LogP contribution in [-0.4, -0.2) is 27.3 Å². The first-order chi connectivity index (χ1) is 15.1. The Bertz CT molecular complexity index is 1140. The monoisotopic (exact) mass is 415 g/mol. The van der Waals surface area contributed by atoms with Crippen molar-refractivity contribution >= 4 is 17.6 Å². The molecule has 3 aromatic rings. The first-order valence-electron chi connectivity index (χ1n) is 9.38. The average Bonchev–Trinajstić information content (AvgIpc) is 2.83. The maximum absolute atomic E-state index is 12.5. The molecule has 0 aliphatic heterocycles. The van der Waals surface area contributed by atoms with Crippen LogP contribution in [0.25, 0.3) is 11.6 Å². The van der Waals surface area contributed by atoms with E-state index in [-0.39, 0.29) is 5.75 Å². The van der Waals surface area contributed by atoms with Crippen LogP contribution in [0, 0.1) is 11.3 Å². The third-order valence-electron chi connectivity index (χ3n) is 4.53. The summed E-state index contributed by atoms with van der Waals surface area (Å²) in [5.41, 5.74) is 2.32. The van der Waals surface area contributed by atoms with Crippen molar-refractivity contribution < 1.29 is 23.7 Å². The van der Waals surface area contributed by atoms with Gasteiger partial charge in [-0.1, -0.05) is 12.1 Å². The molecule has 3 aromatic carbocycles. The minimum Gasteiger partial charge on any atom is -0.497 e. The van der Waals surface area contributed by atoms with Crippen LogP contribution in [0.5, 0.6) is 23.0 Å². The highest BCUT2D eigenvalue weighted by Crippen LogP contribution is 2.31. The van der Waals surface area contributed by atoms with Crippen molar-refractivity contribution in [3.63, 3.8) is 0 Å². The van der Waals surface area contributed by atoms with Crippen molar-refractivity contribution in [2.45, 2.75) is 0 Å². The van der Waals surface area contributed by atoms with Gasteiger partial charge < -0.3 is 18.9 Å². The second-order valence-electron chi connectivity index (χ2n) is 6.43. The quantitative estimate of drug-likeness (QED) is 0.234. The van der Waals surface area contributed by atoms with E-state index in [4.69, 9.17) is 18.9 Å². The predicted molar refractivity (Wildman–Crippen MR) is 117 cm³/mol. The van der Waals surface area contributed by atoms with E-state index in [1.54, 1.807) is 67.8 Å². The molecule has 0 saturated carbocycles. The molecule has 0 spiro atoms. The van der Waals surface area contributed by atoms with Crippen molar-refractivity contribution in [3.05, 3.63) is 83.4 Å². The zero-order valence-corrected chi connectivity index (χ0v) is 17.4. The lowest BCUT2D eigenvalue weighted by molar-refractivity contribution is 0.0729. The van der Waals surface area contributed by atoms with Crippen LogP contribution in [0.3, 0.4) is 0 Å². The van der Waals surface area contributed by atoms with Crippen molar-refractivity contribution in [3.8, 4) is 29.1 Å². The maximum Gasteiger partial charge on any atom is 0.343 e. The molecule has 31 heavy (non-hydrogen) atoms. The summed E-state index contributed by atoms with van der Waals surface area (Å²) in [4.78, 5) is 12.5. The average molecular weight is 415 g/mol. The van der Waals surface area contributed by atoms with E-state index < -0.39 is 5.97 Å². The fourth-order valence-corrected chi connectivity index (χ4v) is 2.88. The van der Waals surface area contributed by atoms with E-state index in [1.807, 2.05) is 12.1 Å². The van der Waals surface area contributed by atoms with E-state index in [2.05, 4.69) is 6.07 Å². The number of carbonyl (C=O) groups excluding carboxylic acids is 1. The van der Waals surface area contributed by atoms with Crippen LogP contribution < -0.4 is 18.9 Å². The summed E-state index contributed by atoms with van der Waals surface area (Å²) in [6.07, 6.45) is 1.73. The Morgan fingerprint density at radius 3 is 2.19 bits per heavy atom. The number of methoxy groups -OCH3 is 3. The molecule has 0 unspecified atom stereocenters. The van der Waals surface area contributed by atoms with Crippen molar-refractivity contribution in [2.24, 2.45) is 0 Å². The predicted octanol–water partition coefficient (Wildman–Crippen LogP) is 5.00. The molecule has 0 N–H and O–H groups in total. The van der Waals surface area contributed by atoms with Gasteiger partial charge in [-0.2, -0.15) is 5.26 Å². The smallest absolute Gasteiger partial charge is 0.343 e. The summed E-state index contributed by atoms with van der Waals surface area (Å²) in [6.45, 7) is 0. The lowest BCUT2D eigenvalue weighted by Crippen LogP contribution is -2.09. The summed E-state index contributed by atoms with van der Waals surface area (Å²) in [5.74, 6) is 1.39. The lowest BCUT2D eigenvalue weighted by atomic mass is 10.0. The second kappa shape index (κ2) is 9.99. The number of rotatable bonds is 7. The number of benzene rings is 3. The summed E-state index contributed by atoms with van der Waals surface area (Å²) in [7, 11) is 4.60. The van der Waals surface area contributed by atoms with Gasteiger partial charge in [0.1, 0.15) is 11.5 Å². The number of nitriles is 1. The standard InChI is InChI=1S/C25H21NO5/c1-28-21-10-8-18(9-11-21)20(16-26)13-17-7-12-23(24(14-17)30-3)31-25(27)19-5-4-6-22(15-19)29-2/h4-15H,1-3H3/b20-13-. The zero-order valence-electron chi connectivity index (χ0n) is 17.4. The first kappa shape index (κ1) is 21.5. The van der Waals surface area contributed by atoms with Gasteiger partial charge in [-0.3, -0.25) is 0 Å². The van der Waals surface area contributed by atoms with E-state index >= 15 is 0 Å². The van der Waals surface area contributed by atoms with Gasteiger partial charge in [0.15, 0.2) is 11.5 Å². The normalized spacial score (nSPS) is 10.7. The van der Waals surface area contributed by atoms with Crippen LogP contribution in [0.2, 0.25) is 0 Å². The molecule has 0 aliphatic rings. The molecule has 0 heterocycles. The first-order valence-corrected chi connectivity index (χ1v) is 9.38. The molecular formula is C25H21NO5. The molecule has 6 heteroatoms. The number of ether oxygens (including phenoxy) is 4. The highest BCUT2D eigenvalue weighted by atomic mass is 16.6. The van der Waals surface area contributed by atoms with Crippen LogP contribution in [0.15, 0.2) is 66.7 Å². The number of nitrogens with zero attached hydrogens (tertiary/aromatic N) is 1. The number of hydrogen-bond donors (Lipinski definition) is 0. The molecule has 0 saturated heterocycles. The molecule has 0 amide bonds. The maximum atomic E-state index is 12.5. The molecule has 0 aliphatic carbocycles. The zero-order chi connectivity index (χ0) is 22.2. The SMILES string of the molecule is COc1ccc(/C(C#N)=C\c2ccc(OC(=O)c3cccc(OC)c3)c(OC)c2)cc1. The minimum atomic E-state index is -0.531. The van der Waals surface area contributed by atoms with Crippen molar-refractivity contribution in [1.82, 2.24) is 0 Å². The van der Waals surface area contributed by atoms with Gasteiger partial charge in [0.2, 0.25) is 0 Å². The van der Waals surface area contributed by atoms with Gasteiger partial charge in [0, 0.05) is 0 Å². The van der Waals surface area contributed by atoms with Crippen LogP contribution >= 0.6 is 0 Å². The molecule has 0 aromatic heterocycles. The highest BCUT2D eigenvalue weighted by Gasteiger charge is 2.14. The van der Waals surface area contributed by atoms with Gasteiger partial charge in [0.05, 0.1) is 38.5 Å². The fourth-order valence-electron chi connectivity index (χ4n) is 2.88. The van der Waals surface area contributed by atoms with E-state index in [0.717, 1.165) is 11.1 Å². The third-order valence-corrected chi connectivity index (χ3v) is 4.53. The Morgan fingerprint density at radius 2 is 1.55 bits per heavy atom. The largest absolute Gasteiger partial charge is 0.497 e. The molecular weight excluding hydrogens is 394 g/mol. The summed E-state index contributed by atoms with van der Waals surface area (Å²) < 4.78 is 21.2. The molecule has 3 rings (SSSR count). The minimum absolute atomic E-state index is 0.274. The Hall–Kier alpha value is -4.24. The second-order valence-corrected chi connectivity index (χ2v) is 6.43. The summed E-state index contributed by atoms with van der Waals surface area (Å²) in [6, 6.07) is 21.2. The van der Waals surface area contributed by atoms with Crippen molar-refractivity contribution in [1.29, 1.82) is 5.26 Å². The van der Waals surface area contributed by atoms with Gasteiger partial charge in [0.25, 0.3) is 0 Å². The number of esters is 1. The van der Waals surface area contributed by atoms with E-state index in [9.17, 15) is 10.1 Å². The molecule has 0 fully saturated rings. The lowest BCUT2D eigenvalue weighted by Gasteiger charge is -2.11. The van der Waals surface area contributed by atoms with Crippen molar-refractivity contribution in [2.75, 3.05) is 21.3 Å². The Kier molecular flexibility index (Phi) is 6.92. The molecule has 0 atom stereocenters. The van der Waals surface area contributed by atoms with Crippen LogP contribution in [0.4, 0.5) is 0 Å². The van der Waals surface area contributed by atoms with E-state index in [0.29, 0.717) is 28.4 Å². The Labute approximate surface area is 180 Å².